The average Bonchev–Trinajstić information content (AvgIpc) is 2.67. The Bertz CT molecular complexity index is 1090. The first-order valence-electron chi connectivity index (χ1n) is 10.6. The zero-order valence-corrected chi connectivity index (χ0v) is 18.5. The summed E-state index contributed by atoms with van der Waals surface area (Å²) in [6.45, 7) is 8.71. The molecule has 0 unspecified atom stereocenters. The number of hydrogen-bond acceptors (Lipinski definition) is 5. The van der Waals surface area contributed by atoms with Gasteiger partial charge >= 0.3 is 0 Å². The third-order valence-electron chi connectivity index (χ3n) is 5.67. The molecule has 162 valence electrons. The van der Waals surface area contributed by atoms with Crippen LogP contribution < -0.4 is 21.1 Å². The molecule has 4 rings (SSSR count). The number of benzene rings is 2. The van der Waals surface area contributed by atoms with E-state index in [1.54, 1.807) is 18.3 Å². The van der Waals surface area contributed by atoms with Crippen LogP contribution in [0.1, 0.15) is 50.9 Å². The van der Waals surface area contributed by atoms with E-state index in [9.17, 15) is 4.79 Å². The number of carbonyl (C=O) groups is 1. The summed E-state index contributed by atoms with van der Waals surface area (Å²) in [5, 5.41) is 8.59. The van der Waals surface area contributed by atoms with Gasteiger partial charge in [0.1, 0.15) is 17.3 Å². The quantitative estimate of drug-likeness (QED) is 0.574. The van der Waals surface area contributed by atoms with Gasteiger partial charge in [-0.15, -0.1) is 0 Å². The van der Waals surface area contributed by atoms with Gasteiger partial charge in [0.2, 0.25) is 0 Å². The average molecular weight is 419 g/mol. The molecule has 3 aromatic rings. The highest BCUT2D eigenvalue weighted by Gasteiger charge is 2.38. The zero-order chi connectivity index (χ0) is 22.2. The topological polar surface area (TPSA) is 89.3 Å². The Kier molecular flexibility index (Phi) is 5.35. The lowest BCUT2D eigenvalue weighted by Crippen LogP contribution is -2.62. The highest BCUT2D eigenvalue weighted by molar-refractivity contribution is 5.95. The molecule has 0 bridgehead atoms. The number of nitrogens with one attached hydrogen (secondary N) is 2. The third-order valence-corrected chi connectivity index (χ3v) is 5.67. The van der Waals surface area contributed by atoms with Crippen LogP contribution in [0.2, 0.25) is 0 Å². The second-order valence-corrected chi connectivity index (χ2v) is 9.65. The molecule has 1 aliphatic rings. The molecule has 6 heteroatoms. The summed E-state index contributed by atoms with van der Waals surface area (Å²) >= 11 is 0. The predicted octanol–water partition coefficient (Wildman–Crippen LogP) is 4.65. The Morgan fingerprint density at radius 2 is 1.71 bits per heavy atom. The summed E-state index contributed by atoms with van der Waals surface area (Å²) < 4.78 is 6.06. The van der Waals surface area contributed by atoms with Crippen molar-refractivity contribution in [2.45, 2.75) is 57.7 Å². The summed E-state index contributed by atoms with van der Waals surface area (Å²) in [7, 11) is 0. The highest BCUT2D eigenvalue weighted by atomic mass is 16.5. The zero-order valence-electron chi connectivity index (χ0n) is 18.5. The number of piperidine rings is 1. The number of fused-ring (bicyclic) bond motifs is 1. The van der Waals surface area contributed by atoms with Crippen molar-refractivity contribution in [3.8, 4) is 11.5 Å². The van der Waals surface area contributed by atoms with Crippen molar-refractivity contribution in [3.05, 3.63) is 60.3 Å². The second kappa shape index (κ2) is 7.85. The maximum Gasteiger partial charge on any atom is 0.251 e. The number of aromatic nitrogens is 1. The highest BCUT2D eigenvalue weighted by Crippen LogP contribution is 2.32. The Morgan fingerprint density at radius 3 is 2.39 bits per heavy atom. The molecule has 0 radical (unpaired) electrons. The minimum absolute atomic E-state index is 0.0191. The van der Waals surface area contributed by atoms with Gasteiger partial charge in [0.15, 0.2) is 0 Å². The smallest absolute Gasteiger partial charge is 0.251 e. The van der Waals surface area contributed by atoms with Crippen molar-refractivity contribution in [3.63, 3.8) is 0 Å². The molecule has 4 N–H and O–H groups in total. The van der Waals surface area contributed by atoms with Gasteiger partial charge in [0, 0.05) is 39.7 Å². The molecule has 1 aliphatic heterocycles. The van der Waals surface area contributed by atoms with Crippen molar-refractivity contribution >= 4 is 22.5 Å². The van der Waals surface area contributed by atoms with E-state index < -0.39 is 0 Å². The van der Waals surface area contributed by atoms with Gasteiger partial charge in [-0.1, -0.05) is 12.1 Å². The number of ether oxygens (including phenoxy) is 1. The van der Waals surface area contributed by atoms with E-state index in [0.29, 0.717) is 22.9 Å². The predicted molar refractivity (Wildman–Crippen MR) is 124 cm³/mol. The summed E-state index contributed by atoms with van der Waals surface area (Å²) in [6.07, 6.45) is 3.45. The van der Waals surface area contributed by atoms with Crippen LogP contribution in [0.3, 0.4) is 0 Å². The maximum atomic E-state index is 12.8. The van der Waals surface area contributed by atoms with Gasteiger partial charge < -0.3 is 21.1 Å². The van der Waals surface area contributed by atoms with Crippen LogP contribution >= 0.6 is 0 Å². The number of rotatable bonds is 4. The first-order chi connectivity index (χ1) is 14.6. The van der Waals surface area contributed by atoms with Crippen molar-refractivity contribution in [2.75, 3.05) is 5.73 Å². The van der Waals surface area contributed by atoms with Crippen molar-refractivity contribution in [1.29, 1.82) is 0 Å². The molecule has 6 nitrogen and oxygen atoms in total. The minimum Gasteiger partial charge on any atom is -0.457 e. The molecule has 0 saturated carbocycles. The van der Waals surface area contributed by atoms with Gasteiger partial charge in [0.25, 0.3) is 5.91 Å². The third kappa shape index (κ3) is 4.80. The molecule has 1 saturated heterocycles. The first-order valence-corrected chi connectivity index (χ1v) is 10.6. The number of hydrogen-bond donors (Lipinski definition) is 3. The number of nitrogens with zero attached hydrogens (tertiary/aromatic N) is 1. The van der Waals surface area contributed by atoms with E-state index >= 15 is 0 Å². The standard InChI is InChI=1S/C25H30N4O2/c1-24(2)14-17(15-25(3,4)29-24)28-23(30)16-8-10-18(11-9-16)31-21-7-5-6-20-19(21)12-13-27-22(20)26/h5-13,17,29H,14-15H2,1-4H3,(H2,26,27)(H,28,30). The molecule has 1 amide bonds. The van der Waals surface area contributed by atoms with E-state index in [-0.39, 0.29) is 23.0 Å². The van der Waals surface area contributed by atoms with Crippen LogP contribution in [0.4, 0.5) is 5.82 Å². The van der Waals surface area contributed by atoms with Crippen LogP contribution in [0.15, 0.2) is 54.7 Å². The summed E-state index contributed by atoms with van der Waals surface area (Å²) in [6, 6.07) is 14.9. The second-order valence-electron chi connectivity index (χ2n) is 9.65. The molecule has 2 heterocycles. The minimum atomic E-state index is -0.0611. The monoisotopic (exact) mass is 418 g/mol. The SMILES string of the molecule is CC1(C)CC(NC(=O)c2ccc(Oc3cccc4c(N)nccc34)cc2)CC(C)(C)N1. The fourth-order valence-corrected chi connectivity index (χ4v) is 4.78. The summed E-state index contributed by atoms with van der Waals surface area (Å²) in [5.74, 6) is 1.76. The number of anilines is 1. The van der Waals surface area contributed by atoms with Crippen molar-refractivity contribution < 1.29 is 9.53 Å². The Labute approximate surface area is 183 Å². The number of amides is 1. The molecule has 1 fully saturated rings. The molecule has 31 heavy (non-hydrogen) atoms. The number of carbonyl (C=O) groups excluding carboxylic acids is 1. The fraction of sp³-hybridized carbons (Fsp3) is 0.360. The first kappa shape index (κ1) is 21.1. The van der Waals surface area contributed by atoms with Crippen molar-refractivity contribution in [1.82, 2.24) is 15.6 Å². The van der Waals surface area contributed by atoms with Gasteiger partial charge in [-0.05, 0) is 76.9 Å². The van der Waals surface area contributed by atoms with Crippen LogP contribution in [-0.2, 0) is 0 Å². The number of nitrogens with two attached hydrogens (primary N) is 1. The summed E-state index contributed by atoms with van der Waals surface area (Å²) in [5.41, 5.74) is 6.55. The van der Waals surface area contributed by atoms with Crippen LogP contribution in [0.5, 0.6) is 11.5 Å². The maximum absolute atomic E-state index is 12.8. The Hall–Kier alpha value is -3.12. The summed E-state index contributed by atoms with van der Waals surface area (Å²) in [4.78, 5) is 16.9. The Balaban J connectivity index is 1.46. The Morgan fingerprint density at radius 1 is 1.03 bits per heavy atom. The largest absolute Gasteiger partial charge is 0.457 e. The van der Waals surface area contributed by atoms with Crippen LogP contribution in [0.25, 0.3) is 10.8 Å². The van der Waals surface area contributed by atoms with Crippen molar-refractivity contribution in [2.24, 2.45) is 0 Å². The molecular formula is C25H30N4O2. The van der Waals surface area contributed by atoms with Crippen LogP contribution in [-0.4, -0.2) is 28.0 Å². The lowest BCUT2D eigenvalue weighted by Gasteiger charge is -2.46. The van der Waals surface area contributed by atoms with E-state index in [0.717, 1.165) is 23.6 Å². The van der Waals surface area contributed by atoms with E-state index in [1.807, 2.05) is 36.4 Å². The van der Waals surface area contributed by atoms with Crippen LogP contribution in [0, 0.1) is 0 Å². The van der Waals surface area contributed by atoms with E-state index in [1.165, 1.54) is 0 Å². The lowest BCUT2D eigenvalue weighted by atomic mass is 9.79. The number of pyridine rings is 1. The normalized spacial score (nSPS) is 17.9. The molecule has 0 aliphatic carbocycles. The van der Waals surface area contributed by atoms with Gasteiger partial charge in [-0.25, -0.2) is 4.98 Å². The molecule has 1 aromatic heterocycles. The van der Waals surface area contributed by atoms with Gasteiger partial charge in [0.05, 0.1) is 0 Å². The molecule has 0 spiro atoms. The number of nitrogen functional groups attached to an aromatic ring is 1. The molecular weight excluding hydrogens is 388 g/mol. The fourth-order valence-electron chi connectivity index (χ4n) is 4.78. The van der Waals surface area contributed by atoms with Gasteiger partial charge in [-0.2, -0.15) is 0 Å². The lowest BCUT2D eigenvalue weighted by molar-refractivity contribution is 0.0873. The molecule has 2 aromatic carbocycles. The van der Waals surface area contributed by atoms with E-state index in [2.05, 4.69) is 43.3 Å². The van der Waals surface area contributed by atoms with Gasteiger partial charge in [-0.3, -0.25) is 4.79 Å². The van der Waals surface area contributed by atoms with E-state index in [4.69, 9.17) is 10.5 Å². The molecule has 0 atom stereocenters.